The molecule has 0 saturated carbocycles. The van der Waals surface area contributed by atoms with Gasteiger partial charge in [0.25, 0.3) is 0 Å². The summed E-state index contributed by atoms with van der Waals surface area (Å²) in [6.07, 6.45) is 0.816. The molecule has 1 aliphatic rings. The molecule has 0 amide bonds. The molecule has 0 radical (unpaired) electrons. The van der Waals surface area contributed by atoms with Gasteiger partial charge < -0.3 is 5.32 Å². The summed E-state index contributed by atoms with van der Waals surface area (Å²) in [5.74, 6) is 0.935. The van der Waals surface area contributed by atoms with E-state index in [4.69, 9.17) is 4.98 Å². The Morgan fingerprint density at radius 1 is 1.00 bits per heavy atom. The molecule has 0 atom stereocenters. The highest BCUT2D eigenvalue weighted by atomic mass is 15.0. The van der Waals surface area contributed by atoms with Crippen LogP contribution in [0.2, 0.25) is 0 Å². The molecule has 1 aliphatic heterocycles. The molecular weight excluding hydrogens is 234 g/mol. The van der Waals surface area contributed by atoms with E-state index in [1.54, 1.807) is 0 Å². The fourth-order valence-electron chi connectivity index (χ4n) is 2.83. The number of nitrogens with one attached hydrogen (secondary N) is 1. The highest BCUT2D eigenvalue weighted by molar-refractivity contribution is 5.32. The predicted molar refractivity (Wildman–Crippen MR) is 76.0 cm³/mol. The first kappa shape index (κ1) is 12.3. The van der Waals surface area contributed by atoms with Gasteiger partial charge in [0.1, 0.15) is 5.82 Å². The maximum atomic E-state index is 4.70. The summed E-state index contributed by atoms with van der Waals surface area (Å²) in [5, 5.41) is 3.34. The molecule has 0 spiro atoms. The van der Waals surface area contributed by atoms with Gasteiger partial charge >= 0.3 is 0 Å². The summed E-state index contributed by atoms with van der Waals surface area (Å²) in [7, 11) is 0. The maximum absolute atomic E-state index is 4.70. The molecule has 3 nitrogen and oxygen atoms in total. The van der Waals surface area contributed by atoms with Crippen LogP contribution in [0.3, 0.4) is 0 Å². The highest BCUT2D eigenvalue weighted by Crippen LogP contribution is 2.18. The van der Waals surface area contributed by atoms with Crippen molar-refractivity contribution in [2.75, 3.05) is 0 Å². The molecule has 0 saturated heterocycles. The topological polar surface area (TPSA) is 37.8 Å². The molecule has 19 heavy (non-hydrogen) atoms. The van der Waals surface area contributed by atoms with Crippen LogP contribution >= 0.6 is 0 Å². The van der Waals surface area contributed by atoms with Crippen molar-refractivity contribution in [3.8, 4) is 0 Å². The number of rotatable bonds is 2. The molecule has 98 valence electrons. The summed E-state index contributed by atoms with van der Waals surface area (Å²) in [6, 6.07) is 6.64. The lowest BCUT2D eigenvalue weighted by atomic mass is 10.0. The normalized spacial score (nSPS) is 13.6. The first-order valence-corrected chi connectivity index (χ1v) is 6.75. The van der Waals surface area contributed by atoms with Crippen molar-refractivity contribution < 1.29 is 0 Å². The van der Waals surface area contributed by atoms with Crippen LogP contribution in [0, 0.1) is 20.8 Å². The van der Waals surface area contributed by atoms with Crippen molar-refractivity contribution in [3.05, 3.63) is 57.7 Å². The average molecular weight is 253 g/mol. The fourth-order valence-corrected chi connectivity index (χ4v) is 2.83. The molecule has 1 N–H and O–H groups in total. The van der Waals surface area contributed by atoms with Crippen LogP contribution in [0.1, 0.15) is 39.5 Å². The van der Waals surface area contributed by atoms with Crippen LogP contribution in [0.5, 0.6) is 0 Å². The minimum Gasteiger partial charge on any atom is -0.307 e. The van der Waals surface area contributed by atoms with E-state index in [0.717, 1.165) is 31.0 Å². The third-order valence-electron chi connectivity index (χ3n) is 3.58. The molecular formula is C16H19N3. The van der Waals surface area contributed by atoms with Gasteiger partial charge in [-0.25, -0.2) is 9.97 Å². The first-order chi connectivity index (χ1) is 9.11. The number of benzene rings is 1. The molecule has 3 heteroatoms. The monoisotopic (exact) mass is 253 g/mol. The zero-order valence-electron chi connectivity index (χ0n) is 11.7. The smallest absolute Gasteiger partial charge is 0.133 e. The van der Waals surface area contributed by atoms with Gasteiger partial charge in [0.15, 0.2) is 0 Å². The van der Waals surface area contributed by atoms with Gasteiger partial charge in [-0.15, -0.1) is 0 Å². The molecule has 3 rings (SSSR count). The van der Waals surface area contributed by atoms with Gasteiger partial charge in [0, 0.05) is 30.8 Å². The third-order valence-corrected chi connectivity index (χ3v) is 3.58. The maximum Gasteiger partial charge on any atom is 0.133 e. The van der Waals surface area contributed by atoms with E-state index >= 15 is 0 Å². The number of aromatic nitrogens is 2. The Morgan fingerprint density at radius 3 is 2.47 bits per heavy atom. The Balaban J connectivity index is 1.93. The number of aryl methyl sites for hydroxylation is 3. The van der Waals surface area contributed by atoms with Crippen LogP contribution in [-0.4, -0.2) is 9.97 Å². The molecule has 0 bridgehead atoms. The Labute approximate surface area is 114 Å². The second-order valence-corrected chi connectivity index (χ2v) is 5.43. The average Bonchev–Trinajstić information content (AvgIpc) is 2.75. The Bertz CT molecular complexity index is 612. The van der Waals surface area contributed by atoms with Crippen molar-refractivity contribution in [2.24, 2.45) is 0 Å². The van der Waals surface area contributed by atoms with Crippen LogP contribution in [0.25, 0.3) is 0 Å². The Morgan fingerprint density at radius 2 is 1.74 bits per heavy atom. The van der Waals surface area contributed by atoms with Gasteiger partial charge in [-0.2, -0.15) is 0 Å². The number of nitrogens with zero attached hydrogens (tertiary/aromatic N) is 2. The lowest BCUT2D eigenvalue weighted by Gasteiger charge is -2.08. The van der Waals surface area contributed by atoms with E-state index in [2.05, 4.69) is 49.3 Å². The second kappa shape index (κ2) is 4.74. The Kier molecular flexibility index (Phi) is 3.07. The fraction of sp³-hybridized carbons (Fsp3) is 0.375. The summed E-state index contributed by atoms with van der Waals surface area (Å²) in [6.45, 7) is 8.13. The molecule has 0 fully saturated rings. The number of fused-ring (bicyclic) bond motifs is 1. The highest BCUT2D eigenvalue weighted by Gasteiger charge is 2.16. The first-order valence-electron chi connectivity index (χ1n) is 6.75. The summed E-state index contributed by atoms with van der Waals surface area (Å²) >= 11 is 0. The molecule has 2 aromatic rings. The SMILES string of the molecule is Cc1cc(C)cc(Cc2nc(C)c3c(n2)CNC3)c1. The third kappa shape index (κ3) is 2.51. The molecule has 1 aromatic heterocycles. The van der Waals surface area contributed by atoms with Gasteiger partial charge in [-0.05, 0) is 26.3 Å². The van der Waals surface area contributed by atoms with Crippen molar-refractivity contribution in [1.82, 2.24) is 15.3 Å². The van der Waals surface area contributed by atoms with Gasteiger partial charge in [0.05, 0.1) is 5.69 Å². The lowest BCUT2D eigenvalue weighted by Crippen LogP contribution is -2.04. The zero-order valence-corrected chi connectivity index (χ0v) is 11.7. The predicted octanol–water partition coefficient (Wildman–Crippen LogP) is 2.60. The van der Waals surface area contributed by atoms with E-state index in [1.165, 1.54) is 27.9 Å². The lowest BCUT2D eigenvalue weighted by molar-refractivity contribution is 0.755. The molecule has 2 heterocycles. The van der Waals surface area contributed by atoms with Gasteiger partial charge in [-0.1, -0.05) is 29.3 Å². The van der Waals surface area contributed by atoms with Crippen LogP contribution < -0.4 is 5.32 Å². The van der Waals surface area contributed by atoms with E-state index < -0.39 is 0 Å². The zero-order chi connectivity index (χ0) is 13.4. The van der Waals surface area contributed by atoms with Crippen LogP contribution in [0.4, 0.5) is 0 Å². The van der Waals surface area contributed by atoms with E-state index in [-0.39, 0.29) is 0 Å². The van der Waals surface area contributed by atoms with Crippen molar-refractivity contribution in [2.45, 2.75) is 40.3 Å². The van der Waals surface area contributed by atoms with E-state index in [0.29, 0.717) is 0 Å². The van der Waals surface area contributed by atoms with Gasteiger partial charge in [0.2, 0.25) is 0 Å². The standard InChI is InChI=1S/C16H19N3/c1-10-4-11(2)6-13(5-10)7-16-18-12(3)14-8-17-9-15(14)19-16/h4-6,17H,7-9H2,1-3H3. The summed E-state index contributed by atoms with van der Waals surface area (Å²) in [5.41, 5.74) is 7.47. The van der Waals surface area contributed by atoms with Crippen molar-refractivity contribution in [1.29, 1.82) is 0 Å². The van der Waals surface area contributed by atoms with Crippen LogP contribution in [0.15, 0.2) is 18.2 Å². The quantitative estimate of drug-likeness (QED) is 0.894. The molecule has 0 unspecified atom stereocenters. The molecule has 0 aliphatic carbocycles. The van der Waals surface area contributed by atoms with E-state index in [1.807, 2.05) is 0 Å². The summed E-state index contributed by atoms with van der Waals surface area (Å²) in [4.78, 5) is 9.34. The van der Waals surface area contributed by atoms with Gasteiger partial charge in [-0.3, -0.25) is 0 Å². The Hall–Kier alpha value is -1.74. The van der Waals surface area contributed by atoms with Crippen molar-refractivity contribution >= 4 is 0 Å². The van der Waals surface area contributed by atoms with E-state index in [9.17, 15) is 0 Å². The second-order valence-electron chi connectivity index (χ2n) is 5.43. The number of hydrogen-bond acceptors (Lipinski definition) is 3. The number of hydrogen-bond donors (Lipinski definition) is 1. The van der Waals surface area contributed by atoms with Crippen LogP contribution in [-0.2, 0) is 19.5 Å². The molecule has 1 aromatic carbocycles. The minimum atomic E-state index is 0.816. The summed E-state index contributed by atoms with van der Waals surface area (Å²) < 4.78 is 0. The largest absolute Gasteiger partial charge is 0.307 e. The minimum absolute atomic E-state index is 0.816. The van der Waals surface area contributed by atoms with Crippen molar-refractivity contribution in [3.63, 3.8) is 0 Å².